The molecule has 1 aromatic heterocycles. The minimum atomic E-state index is -0.332. The highest BCUT2D eigenvalue weighted by Gasteiger charge is 2.13. The molecule has 19 heavy (non-hydrogen) atoms. The molecule has 1 heterocycles. The van der Waals surface area contributed by atoms with Crippen molar-refractivity contribution >= 4 is 0 Å². The maximum atomic E-state index is 13.6. The number of hydrogen-bond donors (Lipinski definition) is 1. The lowest BCUT2D eigenvalue weighted by molar-refractivity contribution is 0.386. The summed E-state index contributed by atoms with van der Waals surface area (Å²) in [4.78, 5) is 0. The van der Waals surface area contributed by atoms with Gasteiger partial charge in [-0.05, 0) is 31.2 Å². The average molecular weight is 263 g/mol. The largest absolute Gasteiger partial charge is 0.494 e. The van der Waals surface area contributed by atoms with Crippen molar-refractivity contribution in [3.8, 4) is 5.75 Å². The van der Waals surface area contributed by atoms with Gasteiger partial charge in [0.25, 0.3) is 0 Å². The Morgan fingerprint density at radius 3 is 2.79 bits per heavy atom. The van der Waals surface area contributed by atoms with Gasteiger partial charge in [0.05, 0.1) is 13.3 Å². The minimum absolute atomic E-state index is 0.112. The predicted octanol–water partition coefficient (Wildman–Crippen LogP) is 2.07. The molecule has 0 aliphatic heterocycles. The van der Waals surface area contributed by atoms with Crippen molar-refractivity contribution in [1.82, 2.24) is 15.1 Å². The summed E-state index contributed by atoms with van der Waals surface area (Å²) in [7, 11) is 5.23. The van der Waals surface area contributed by atoms with Crippen LogP contribution in [-0.4, -0.2) is 23.9 Å². The van der Waals surface area contributed by atoms with E-state index in [-0.39, 0.29) is 17.6 Å². The molecule has 0 radical (unpaired) electrons. The zero-order valence-electron chi connectivity index (χ0n) is 11.4. The number of halogens is 1. The Labute approximate surface area is 112 Å². The summed E-state index contributed by atoms with van der Waals surface area (Å²) in [6.45, 7) is 0. The summed E-state index contributed by atoms with van der Waals surface area (Å²) in [5.74, 6) is -0.0628. The Morgan fingerprint density at radius 1 is 1.47 bits per heavy atom. The van der Waals surface area contributed by atoms with E-state index in [9.17, 15) is 4.39 Å². The third-order valence-corrected chi connectivity index (χ3v) is 3.13. The fourth-order valence-corrected chi connectivity index (χ4v) is 2.08. The van der Waals surface area contributed by atoms with Crippen LogP contribution in [0.15, 0.2) is 30.6 Å². The van der Waals surface area contributed by atoms with Gasteiger partial charge in [-0.15, -0.1) is 0 Å². The zero-order chi connectivity index (χ0) is 13.8. The maximum Gasteiger partial charge on any atom is 0.165 e. The Bertz CT molecular complexity index is 553. The molecule has 102 valence electrons. The fourth-order valence-electron chi connectivity index (χ4n) is 2.08. The molecule has 0 spiro atoms. The molecular weight excluding hydrogens is 245 g/mol. The molecular formula is C14H18FN3O. The quantitative estimate of drug-likeness (QED) is 0.897. The van der Waals surface area contributed by atoms with E-state index >= 15 is 0 Å². The van der Waals surface area contributed by atoms with Gasteiger partial charge >= 0.3 is 0 Å². The Kier molecular flexibility index (Phi) is 4.16. The topological polar surface area (TPSA) is 39.1 Å². The molecule has 1 unspecified atom stereocenters. The van der Waals surface area contributed by atoms with Crippen molar-refractivity contribution in [2.45, 2.75) is 12.5 Å². The molecule has 2 rings (SSSR count). The summed E-state index contributed by atoms with van der Waals surface area (Å²) >= 11 is 0. The maximum absolute atomic E-state index is 13.6. The molecule has 0 aliphatic carbocycles. The minimum Gasteiger partial charge on any atom is -0.494 e. The normalized spacial score (nSPS) is 12.4. The van der Waals surface area contributed by atoms with E-state index in [0.29, 0.717) is 6.42 Å². The molecule has 1 N–H and O–H groups in total. The van der Waals surface area contributed by atoms with Crippen molar-refractivity contribution in [3.63, 3.8) is 0 Å². The zero-order valence-corrected chi connectivity index (χ0v) is 11.4. The smallest absolute Gasteiger partial charge is 0.165 e. The van der Waals surface area contributed by atoms with E-state index in [1.54, 1.807) is 10.7 Å². The molecule has 0 saturated carbocycles. The number of ether oxygens (including phenoxy) is 1. The number of hydrogen-bond acceptors (Lipinski definition) is 3. The molecule has 4 nitrogen and oxygen atoms in total. The first-order chi connectivity index (χ1) is 9.13. The van der Waals surface area contributed by atoms with Crippen molar-refractivity contribution in [3.05, 3.63) is 47.5 Å². The van der Waals surface area contributed by atoms with E-state index in [1.165, 1.54) is 13.2 Å². The van der Waals surface area contributed by atoms with Gasteiger partial charge in [0, 0.05) is 24.8 Å². The van der Waals surface area contributed by atoms with E-state index in [1.807, 2.05) is 32.6 Å². The Morgan fingerprint density at radius 2 is 2.26 bits per heavy atom. The van der Waals surface area contributed by atoms with Crippen LogP contribution < -0.4 is 10.1 Å². The molecule has 0 bridgehead atoms. The first kappa shape index (κ1) is 13.5. The van der Waals surface area contributed by atoms with Gasteiger partial charge in [0.15, 0.2) is 11.6 Å². The number of rotatable bonds is 5. The first-order valence-electron chi connectivity index (χ1n) is 6.12. The van der Waals surface area contributed by atoms with E-state index < -0.39 is 0 Å². The number of methoxy groups -OCH3 is 1. The molecule has 0 aliphatic rings. The number of aromatic nitrogens is 2. The summed E-state index contributed by atoms with van der Waals surface area (Å²) in [5.41, 5.74) is 2.00. The van der Waals surface area contributed by atoms with Crippen LogP contribution in [0.2, 0.25) is 0 Å². The van der Waals surface area contributed by atoms with Crippen LogP contribution in [0.3, 0.4) is 0 Å². The molecule has 1 aromatic carbocycles. The standard InChI is InChI=1S/C14H18FN3O/c1-16-13(11-8-17-18(2)9-11)7-10-4-5-14(19-3)12(15)6-10/h4-6,8-9,13,16H,7H2,1-3H3. The Hall–Kier alpha value is -1.88. The first-order valence-corrected chi connectivity index (χ1v) is 6.12. The molecule has 0 fully saturated rings. The number of nitrogens with zero attached hydrogens (tertiary/aromatic N) is 2. The summed E-state index contributed by atoms with van der Waals surface area (Å²) < 4.78 is 20.3. The van der Waals surface area contributed by atoms with Crippen LogP contribution >= 0.6 is 0 Å². The lowest BCUT2D eigenvalue weighted by atomic mass is 10.0. The third-order valence-electron chi connectivity index (χ3n) is 3.13. The molecule has 5 heteroatoms. The van der Waals surface area contributed by atoms with Gasteiger partial charge in [-0.3, -0.25) is 4.68 Å². The van der Waals surface area contributed by atoms with Gasteiger partial charge in [-0.1, -0.05) is 6.07 Å². The molecule has 0 amide bonds. The van der Waals surface area contributed by atoms with Gasteiger partial charge in [-0.25, -0.2) is 4.39 Å². The molecule has 2 aromatic rings. The van der Waals surface area contributed by atoms with Crippen LogP contribution in [-0.2, 0) is 13.5 Å². The van der Waals surface area contributed by atoms with Gasteiger partial charge in [0.1, 0.15) is 0 Å². The lowest BCUT2D eigenvalue weighted by Gasteiger charge is -2.15. The highest BCUT2D eigenvalue weighted by atomic mass is 19.1. The van der Waals surface area contributed by atoms with Gasteiger partial charge in [-0.2, -0.15) is 5.10 Å². The van der Waals surface area contributed by atoms with Crippen molar-refractivity contribution in [2.75, 3.05) is 14.2 Å². The van der Waals surface area contributed by atoms with Crippen LogP contribution in [0.5, 0.6) is 5.75 Å². The Balaban J connectivity index is 2.16. The predicted molar refractivity (Wildman–Crippen MR) is 71.7 cm³/mol. The highest BCUT2D eigenvalue weighted by Crippen LogP contribution is 2.22. The summed E-state index contributed by atoms with van der Waals surface area (Å²) in [6.07, 6.45) is 4.48. The summed E-state index contributed by atoms with van der Waals surface area (Å²) in [5, 5.41) is 7.38. The number of nitrogens with one attached hydrogen (secondary N) is 1. The SMILES string of the molecule is CNC(Cc1ccc(OC)c(F)c1)c1cnn(C)c1. The van der Waals surface area contributed by atoms with Crippen LogP contribution in [0.25, 0.3) is 0 Å². The number of aryl methyl sites for hydroxylation is 1. The number of likely N-dealkylation sites (N-methyl/N-ethyl adjacent to an activating group) is 1. The summed E-state index contributed by atoms with van der Waals surface area (Å²) in [6, 6.07) is 5.16. The lowest BCUT2D eigenvalue weighted by Crippen LogP contribution is -2.18. The fraction of sp³-hybridized carbons (Fsp3) is 0.357. The molecule has 0 saturated heterocycles. The van der Waals surface area contributed by atoms with E-state index in [0.717, 1.165) is 11.1 Å². The van der Waals surface area contributed by atoms with Crippen molar-refractivity contribution in [2.24, 2.45) is 7.05 Å². The van der Waals surface area contributed by atoms with Crippen LogP contribution in [0.1, 0.15) is 17.2 Å². The van der Waals surface area contributed by atoms with Crippen molar-refractivity contribution in [1.29, 1.82) is 0 Å². The van der Waals surface area contributed by atoms with Crippen LogP contribution in [0.4, 0.5) is 4.39 Å². The third kappa shape index (κ3) is 3.12. The monoisotopic (exact) mass is 263 g/mol. The average Bonchev–Trinajstić information content (AvgIpc) is 2.82. The van der Waals surface area contributed by atoms with E-state index in [4.69, 9.17) is 4.74 Å². The van der Waals surface area contributed by atoms with E-state index in [2.05, 4.69) is 10.4 Å². The van der Waals surface area contributed by atoms with Crippen LogP contribution in [0, 0.1) is 5.82 Å². The highest BCUT2D eigenvalue weighted by molar-refractivity contribution is 5.30. The number of benzene rings is 1. The second-order valence-electron chi connectivity index (χ2n) is 4.46. The van der Waals surface area contributed by atoms with Crippen molar-refractivity contribution < 1.29 is 9.13 Å². The second-order valence-corrected chi connectivity index (χ2v) is 4.46. The second kappa shape index (κ2) is 5.84. The molecule has 1 atom stereocenters. The van der Waals surface area contributed by atoms with Gasteiger partial charge in [0.2, 0.25) is 0 Å². The van der Waals surface area contributed by atoms with Gasteiger partial charge < -0.3 is 10.1 Å².